The van der Waals surface area contributed by atoms with Crippen LogP contribution in [0.15, 0.2) is 30.6 Å². The molecule has 0 spiro atoms. The molecule has 25 heavy (non-hydrogen) atoms. The van der Waals surface area contributed by atoms with Gasteiger partial charge in [0, 0.05) is 6.20 Å². The molecule has 0 aromatic carbocycles. The van der Waals surface area contributed by atoms with E-state index in [-0.39, 0.29) is 29.8 Å². The molecule has 0 saturated heterocycles. The quantitative estimate of drug-likeness (QED) is 0.773. The van der Waals surface area contributed by atoms with Gasteiger partial charge in [-0.15, -0.1) is 11.3 Å². The number of rotatable bonds is 6. The second-order valence-corrected chi connectivity index (χ2v) is 7.30. The second-order valence-electron chi connectivity index (χ2n) is 6.21. The van der Waals surface area contributed by atoms with Crippen molar-refractivity contribution in [2.24, 2.45) is 5.92 Å². The smallest absolute Gasteiger partial charge is 0.261 e. The van der Waals surface area contributed by atoms with E-state index in [1.807, 2.05) is 6.07 Å². The van der Waals surface area contributed by atoms with Crippen molar-refractivity contribution in [1.82, 2.24) is 10.3 Å². The van der Waals surface area contributed by atoms with Crippen molar-refractivity contribution < 1.29 is 19.4 Å². The van der Waals surface area contributed by atoms with Crippen LogP contribution in [0.4, 0.5) is 0 Å². The summed E-state index contributed by atoms with van der Waals surface area (Å²) in [6.07, 6.45) is 4.25. The highest BCUT2D eigenvalue weighted by atomic mass is 32.1. The monoisotopic (exact) mass is 360 g/mol. The minimum absolute atomic E-state index is 0.0558. The molecule has 2 aromatic rings. The van der Waals surface area contributed by atoms with Gasteiger partial charge in [-0.1, -0.05) is 0 Å². The average Bonchev–Trinajstić information content (AvgIpc) is 3.07. The van der Waals surface area contributed by atoms with E-state index in [4.69, 9.17) is 4.74 Å². The SMILES string of the molecule is COc1cncc([C@H](NC(=O)c2ccc(C(C)=O)s2)C2CC(O)C2)c1. The van der Waals surface area contributed by atoms with Crippen molar-refractivity contribution in [3.05, 3.63) is 45.9 Å². The van der Waals surface area contributed by atoms with E-state index >= 15 is 0 Å². The Labute approximate surface area is 149 Å². The van der Waals surface area contributed by atoms with Crippen LogP contribution in [0.1, 0.15) is 50.7 Å². The molecule has 0 bridgehead atoms. The summed E-state index contributed by atoms with van der Waals surface area (Å²) in [5.74, 6) is 0.470. The van der Waals surface area contributed by atoms with Crippen molar-refractivity contribution in [2.45, 2.75) is 31.9 Å². The van der Waals surface area contributed by atoms with Crippen molar-refractivity contribution >= 4 is 23.0 Å². The number of carbonyl (C=O) groups is 2. The van der Waals surface area contributed by atoms with Crippen LogP contribution in [0.5, 0.6) is 5.75 Å². The third-order valence-electron chi connectivity index (χ3n) is 4.41. The van der Waals surface area contributed by atoms with Crippen LogP contribution in [0.2, 0.25) is 0 Å². The molecule has 1 amide bonds. The number of hydrogen-bond acceptors (Lipinski definition) is 6. The molecule has 1 saturated carbocycles. The lowest BCUT2D eigenvalue weighted by atomic mass is 9.75. The zero-order valence-electron chi connectivity index (χ0n) is 14.1. The predicted octanol–water partition coefficient (Wildman–Crippen LogP) is 2.60. The summed E-state index contributed by atoms with van der Waals surface area (Å²) in [5.41, 5.74) is 0.841. The standard InChI is InChI=1S/C18H20N2O4S/c1-10(21)15-3-4-16(25-15)18(23)20-17(11-5-13(22)6-11)12-7-14(24-2)9-19-8-12/h3-4,7-9,11,13,17,22H,5-6H2,1-2H3,(H,20,23)/t11?,13?,17-/m1/s1. The molecule has 1 fully saturated rings. The lowest BCUT2D eigenvalue weighted by molar-refractivity contribution is 0.0235. The lowest BCUT2D eigenvalue weighted by Gasteiger charge is -2.38. The molecule has 2 aromatic heterocycles. The number of nitrogens with zero attached hydrogens (tertiary/aromatic N) is 1. The summed E-state index contributed by atoms with van der Waals surface area (Å²) in [4.78, 5) is 29.3. The van der Waals surface area contributed by atoms with Crippen molar-refractivity contribution in [3.63, 3.8) is 0 Å². The van der Waals surface area contributed by atoms with Gasteiger partial charge >= 0.3 is 0 Å². The van der Waals surface area contributed by atoms with Gasteiger partial charge in [0.1, 0.15) is 5.75 Å². The normalized spacial score (nSPS) is 20.4. The largest absolute Gasteiger partial charge is 0.495 e. The highest BCUT2D eigenvalue weighted by molar-refractivity contribution is 7.15. The molecule has 0 aliphatic heterocycles. The van der Waals surface area contributed by atoms with Crippen LogP contribution in [0, 0.1) is 5.92 Å². The Hall–Kier alpha value is -2.25. The number of methoxy groups -OCH3 is 1. The number of amides is 1. The fourth-order valence-corrected chi connectivity index (χ4v) is 3.76. The number of aliphatic hydroxyl groups is 1. The van der Waals surface area contributed by atoms with Gasteiger partial charge in [0.25, 0.3) is 5.91 Å². The number of aromatic nitrogens is 1. The predicted molar refractivity (Wildman–Crippen MR) is 94.1 cm³/mol. The zero-order chi connectivity index (χ0) is 18.0. The summed E-state index contributed by atoms with van der Waals surface area (Å²) in [6, 6.07) is 4.91. The fraction of sp³-hybridized carbons (Fsp3) is 0.389. The molecule has 7 heteroatoms. The van der Waals surface area contributed by atoms with Crippen LogP contribution < -0.4 is 10.1 Å². The minimum Gasteiger partial charge on any atom is -0.495 e. The highest BCUT2D eigenvalue weighted by Crippen LogP contribution is 2.38. The second kappa shape index (κ2) is 7.33. The first-order valence-electron chi connectivity index (χ1n) is 8.06. The fourth-order valence-electron chi connectivity index (χ4n) is 2.95. The van der Waals surface area contributed by atoms with Crippen LogP contribution in [0.25, 0.3) is 0 Å². The summed E-state index contributed by atoms with van der Waals surface area (Å²) in [7, 11) is 1.57. The van der Waals surface area contributed by atoms with Gasteiger partial charge in [-0.2, -0.15) is 0 Å². The maximum atomic E-state index is 12.6. The number of nitrogens with one attached hydrogen (secondary N) is 1. The number of Topliss-reactive ketones (excluding diaryl/α,β-unsaturated/α-hetero) is 1. The Morgan fingerprint density at radius 1 is 1.32 bits per heavy atom. The number of carbonyl (C=O) groups excluding carboxylic acids is 2. The molecule has 0 radical (unpaired) electrons. The molecule has 3 rings (SSSR count). The Balaban J connectivity index is 1.81. The van der Waals surface area contributed by atoms with Crippen molar-refractivity contribution in [3.8, 4) is 5.75 Å². The van der Waals surface area contributed by atoms with Crippen molar-refractivity contribution in [2.75, 3.05) is 7.11 Å². The summed E-state index contributed by atoms with van der Waals surface area (Å²) in [5, 5.41) is 12.7. The maximum Gasteiger partial charge on any atom is 0.261 e. The van der Waals surface area contributed by atoms with Gasteiger partial charge in [-0.05, 0) is 49.4 Å². The molecule has 2 heterocycles. The van der Waals surface area contributed by atoms with Crippen LogP contribution in [-0.4, -0.2) is 35.0 Å². The van der Waals surface area contributed by atoms with E-state index in [0.717, 1.165) is 5.56 Å². The van der Waals surface area contributed by atoms with Gasteiger partial charge in [0.15, 0.2) is 5.78 Å². The lowest BCUT2D eigenvalue weighted by Crippen LogP contribution is -2.41. The Bertz CT molecular complexity index is 783. The molecule has 2 N–H and O–H groups in total. The third kappa shape index (κ3) is 3.88. The molecular weight excluding hydrogens is 340 g/mol. The van der Waals surface area contributed by atoms with Gasteiger partial charge in [-0.3, -0.25) is 14.6 Å². The highest BCUT2D eigenvalue weighted by Gasteiger charge is 2.36. The number of ketones is 1. The van der Waals surface area contributed by atoms with Crippen LogP contribution in [0.3, 0.4) is 0 Å². The summed E-state index contributed by atoms with van der Waals surface area (Å²) < 4.78 is 5.22. The molecule has 0 unspecified atom stereocenters. The molecule has 1 aliphatic rings. The molecule has 1 aliphatic carbocycles. The minimum atomic E-state index is -0.325. The van der Waals surface area contributed by atoms with Crippen molar-refractivity contribution in [1.29, 1.82) is 0 Å². The van der Waals surface area contributed by atoms with Gasteiger partial charge < -0.3 is 15.2 Å². The molecular formula is C18H20N2O4S. The molecule has 6 nitrogen and oxygen atoms in total. The van der Waals surface area contributed by atoms with Gasteiger partial charge in [0.05, 0.1) is 35.2 Å². The van der Waals surface area contributed by atoms with Gasteiger partial charge in [0.2, 0.25) is 0 Å². The first-order valence-corrected chi connectivity index (χ1v) is 8.88. The van der Waals surface area contributed by atoms with E-state index in [0.29, 0.717) is 28.3 Å². The Morgan fingerprint density at radius 2 is 2.04 bits per heavy atom. The van der Waals surface area contributed by atoms with Gasteiger partial charge in [-0.25, -0.2) is 0 Å². The van der Waals surface area contributed by atoms with E-state index < -0.39 is 0 Å². The van der Waals surface area contributed by atoms with E-state index in [1.165, 1.54) is 18.3 Å². The average molecular weight is 360 g/mol. The Kier molecular flexibility index (Phi) is 5.15. The first kappa shape index (κ1) is 17.6. The van der Waals surface area contributed by atoms with Crippen LogP contribution in [-0.2, 0) is 0 Å². The Morgan fingerprint density at radius 3 is 2.64 bits per heavy atom. The topological polar surface area (TPSA) is 88.5 Å². The van der Waals surface area contributed by atoms with E-state index in [1.54, 1.807) is 31.6 Å². The summed E-state index contributed by atoms with van der Waals surface area (Å²) in [6.45, 7) is 1.48. The number of aliphatic hydroxyl groups excluding tert-OH is 1. The number of hydrogen-bond donors (Lipinski definition) is 2. The first-order chi connectivity index (χ1) is 12.0. The maximum absolute atomic E-state index is 12.6. The zero-order valence-corrected chi connectivity index (χ0v) is 14.9. The number of ether oxygens (including phenoxy) is 1. The summed E-state index contributed by atoms with van der Waals surface area (Å²) >= 11 is 1.18. The molecule has 132 valence electrons. The number of pyridine rings is 1. The van der Waals surface area contributed by atoms with E-state index in [9.17, 15) is 14.7 Å². The van der Waals surface area contributed by atoms with Crippen LogP contribution >= 0.6 is 11.3 Å². The molecule has 1 atom stereocenters. The third-order valence-corrected chi connectivity index (χ3v) is 5.60. The van der Waals surface area contributed by atoms with E-state index in [2.05, 4.69) is 10.3 Å². The number of thiophene rings is 1.